The van der Waals surface area contributed by atoms with Gasteiger partial charge in [0.1, 0.15) is 5.60 Å². The van der Waals surface area contributed by atoms with Gasteiger partial charge < -0.3 is 19.8 Å². The van der Waals surface area contributed by atoms with Crippen molar-refractivity contribution < 1.29 is 17.6 Å². The summed E-state index contributed by atoms with van der Waals surface area (Å²) in [7, 11) is -1.92. The molecule has 3 aromatic rings. The number of nitrogens with two attached hydrogens (primary N) is 1. The van der Waals surface area contributed by atoms with Gasteiger partial charge in [0, 0.05) is 36.8 Å². The number of aromatic nitrogens is 2. The second kappa shape index (κ2) is 7.84. The van der Waals surface area contributed by atoms with Crippen LogP contribution in [-0.4, -0.2) is 44.1 Å². The van der Waals surface area contributed by atoms with Crippen LogP contribution in [0.25, 0.3) is 11.5 Å². The number of hydrogen-bond acceptors (Lipinski definition) is 8. The Kier molecular flexibility index (Phi) is 5.24. The van der Waals surface area contributed by atoms with Gasteiger partial charge in [-0.3, -0.25) is 0 Å². The minimum atomic E-state index is -3.54. The average Bonchev–Trinajstić information content (AvgIpc) is 3.43. The van der Waals surface area contributed by atoms with E-state index in [0.717, 1.165) is 18.4 Å². The largest absolute Gasteiger partial charge is 0.418 e. The highest BCUT2D eigenvalue weighted by Gasteiger charge is 2.50. The first-order chi connectivity index (χ1) is 15.3. The number of rotatable bonds is 5. The predicted octanol–water partition coefficient (Wildman–Crippen LogP) is 3.15. The molecule has 1 aromatic heterocycles. The maximum absolute atomic E-state index is 13.0. The molecular weight excluding hydrogens is 452 g/mol. The third-order valence-corrected chi connectivity index (χ3v) is 8.10. The molecule has 2 aliphatic rings. The highest BCUT2D eigenvalue weighted by Crippen LogP contribution is 2.48. The fourth-order valence-electron chi connectivity index (χ4n) is 4.07. The normalized spacial score (nSPS) is 21.1. The topological polar surface area (TPSA) is 112 Å². The van der Waals surface area contributed by atoms with E-state index < -0.39 is 21.5 Å². The SMILES string of the molecule is COC1(c2nnc(-c3ccc4c(c3)N(Cc3ccc(Cl)cc3)C[C@@H](N)CS4(=O)=O)o2)CC1. The molecule has 5 rings (SSSR count). The summed E-state index contributed by atoms with van der Waals surface area (Å²) in [6, 6.07) is 12.0. The van der Waals surface area contributed by atoms with Gasteiger partial charge in [-0.25, -0.2) is 8.42 Å². The lowest BCUT2D eigenvalue weighted by Gasteiger charge is -2.26. The van der Waals surface area contributed by atoms with Gasteiger partial charge >= 0.3 is 0 Å². The van der Waals surface area contributed by atoms with Crippen molar-refractivity contribution in [1.82, 2.24) is 10.2 Å². The minimum Gasteiger partial charge on any atom is -0.418 e. The number of halogens is 1. The van der Waals surface area contributed by atoms with Crippen LogP contribution >= 0.6 is 11.6 Å². The van der Waals surface area contributed by atoms with Gasteiger partial charge in [-0.1, -0.05) is 23.7 Å². The van der Waals surface area contributed by atoms with Crippen molar-refractivity contribution in [2.75, 3.05) is 24.3 Å². The number of anilines is 1. The summed E-state index contributed by atoms with van der Waals surface area (Å²) < 4.78 is 37.4. The molecule has 1 aliphatic carbocycles. The molecular formula is C22H23ClN4O4S. The highest BCUT2D eigenvalue weighted by molar-refractivity contribution is 7.91. The van der Waals surface area contributed by atoms with Gasteiger partial charge in [0.15, 0.2) is 9.84 Å². The van der Waals surface area contributed by atoms with E-state index in [2.05, 4.69) is 10.2 Å². The van der Waals surface area contributed by atoms with Crippen LogP contribution in [-0.2, 0) is 26.7 Å². The Bertz CT molecular complexity index is 1260. The number of methoxy groups -OCH3 is 1. The van der Waals surface area contributed by atoms with E-state index in [-0.39, 0.29) is 10.6 Å². The molecule has 1 fully saturated rings. The zero-order chi connectivity index (χ0) is 22.5. The van der Waals surface area contributed by atoms with Crippen molar-refractivity contribution in [3.63, 3.8) is 0 Å². The van der Waals surface area contributed by atoms with Crippen molar-refractivity contribution in [2.45, 2.75) is 35.9 Å². The summed E-state index contributed by atoms with van der Waals surface area (Å²) in [5.41, 5.74) is 7.89. The summed E-state index contributed by atoms with van der Waals surface area (Å²) in [6.45, 7) is 0.874. The Morgan fingerprint density at radius 1 is 1.22 bits per heavy atom. The fourth-order valence-corrected chi connectivity index (χ4v) is 5.83. The van der Waals surface area contributed by atoms with Crippen molar-refractivity contribution >= 4 is 27.1 Å². The Morgan fingerprint density at radius 2 is 1.97 bits per heavy atom. The molecule has 2 heterocycles. The monoisotopic (exact) mass is 474 g/mol. The fraction of sp³-hybridized carbons (Fsp3) is 0.364. The number of benzene rings is 2. The van der Waals surface area contributed by atoms with Crippen molar-refractivity contribution in [2.24, 2.45) is 5.73 Å². The summed E-state index contributed by atoms with van der Waals surface area (Å²) in [5, 5.41) is 8.98. The molecule has 0 saturated heterocycles. The van der Waals surface area contributed by atoms with Gasteiger partial charge in [0.2, 0.25) is 11.8 Å². The van der Waals surface area contributed by atoms with E-state index in [4.69, 9.17) is 26.5 Å². The summed E-state index contributed by atoms with van der Waals surface area (Å²) in [5.74, 6) is 0.651. The molecule has 0 radical (unpaired) electrons. The zero-order valence-corrected chi connectivity index (χ0v) is 19.1. The Balaban J connectivity index is 1.56. The van der Waals surface area contributed by atoms with Crippen LogP contribution in [0.1, 0.15) is 24.3 Å². The van der Waals surface area contributed by atoms with Gasteiger partial charge in [0.25, 0.3) is 0 Å². The van der Waals surface area contributed by atoms with E-state index in [1.807, 2.05) is 29.2 Å². The van der Waals surface area contributed by atoms with Gasteiger partial charge in [-0.15, -0.1) is 10.2 Å². The van der Waals surface area contributed by atoms with Crippen LogP contribution in [0, 0.1) is 0 Å². The van der Waals surface area contributed by atoms with Crippen LogP contribution in [0.5, 0.6) is 0 Å². The standard InChI is InChI=1S/C22H23ClN4O4S/c1-30-22(8-9-22)21-26-25-20(31-21)15-4-7-19-18(10-15)27(12-17(24)13-32(19,28)29)11-14-2-5-16(23)6-3-14/h2-7,10,17H,8-9,11-13,24H2,1H3/t17-/m1/s1. The average molecular weight is 475 g/mol. The zero-order valence-electron chi connectivity index (χ0n) is 17.5. The number of fused-ring (bicyclic) bond motifs is 1. The second-order valence-electron chi connectivity index (χ2n) is 8.34. The Morgan fingerprint density at radius 3 is 2.66 bits per heavy atom. The summed E-state index contributed by atoms with van der Waals surface area (Å²) >= 11 is 6.01. The predicted molar refractivity (Wildman–Crippen MR) is 120 cm³/mol. The van der Waals surface area contributed by atoms with E-state index in [1.54, 1.807) is 25.3 Å². The van der Waals surface area contributed by atoms with Gasteiger partial charge in [0.05, 0.1) is 16.3 Å². The molecule has 0 bridgehead atoms. The molecule has 1 atom stereocenters. The van der Waals surface area contributed by atoms with Gasteiger partial charge in [-0.05, 0) is 48.7 Å². The van der Waals surface area contributed by atoms with Crippen LogP contribution < -0.4 is 10.6 Å². The van der Waals surface area contributed by atoms with Crippen LogP contribution in [0.3, 0.4) is 0 Å². The maximum Gasteiger partial charge on any atom is 0.248 e. The van der Waals surface area contributed by atoms with Crippen LogP contribution in [0.2, 0.25) is 5.02 Å². The second-order valence-corrected chi connectivity index (χ2v) is 10.8. The summed E-state index contributed by atoms with van der Waals surface area (Å²) in [4.78, 5) is 2.23. The summed E-state index contributed by atoms with van der Waals surface area (Å²) in [6.07, 6.45) is 1.67. The first-order valence-corrected chi connectivity index (χ1v) is 12.3. The highest BCUT2D eigenvalue weighted by atomic mass is 35.5. The first kappa shape index (κ1) is 21.4. The van der Waals surface area contributed by atoms with E-state index >= 15 is 0 Å². The van der Waals surface area contributed by atoms with Crippen LogP contribution in [0.15, 0.2) is 51.8 Å². The number of ether oxygens (including phenoxy) is 1. The smallest absolute Gasteiger partial charge is 0.248 e. The Labute approximate surface area is 191 Å². The molecule has 0 spiro atoms. The number of hydrogen-bond donors (Lipinski definition) is 1. The quantitative estimate of drug-likeness (QED) is 0.600. The third-order valence-electron chi connectivity index (χ3n) is 5.97. The maximum atomic E-state index is 13.0. The molecule has 168 valence electrons. The lowest BCUT2D eigenvalue weighted by atomic mass is 10.1. The van der Waals surface area contributed by atoms with E-state index in [1.165, 1.54) is 0 Å². The third kappa shape index (κ3) is 3.90. The minimum absolute atomic E-state index is 0.114. The van der Waals surface area contributed by atoms with Gasteiger partial charge in [-0.2, -0.15) is 0 Å². The molecule has 1 saturated carbocycles. The number of nitrogens with zero attached hydrogens (tertiary/aromatic N) is 3. The van der Waals surface area contributed by atoms with E-state index in [9.17, 15) is 8.42 Å². The van der Waals surface area contributed by atoms with Crippen molar-refractivity contribution in [3.05, 3.63) is 58.9 Å². The molecule has 0 amide bonds. The lowest BCUT2D eigenvalue weighted by molar-refractivity contribution is 0.0549. The Hall–Kier alpha value is -2.46. The molecule has 1 aliphatic heterocycles. The van der Waals surface area contributed by atoms with Crippen molar-refractivity contribution in [3.8, 4) is 11.5 Å². The molecule has 0 unspecified atom stereocenters. The van der Waals surface area contributed by atoms with Crippen LogP contribution in [0.4, 0.5) is 5.69 Å². The molecule has 8 nitrogen and oxygen atoms in total. The molecule has 10 heteroatoms. The lowest BCUT2D eigenvalue weighted by Crippen LogP contribution is -2.39. The first-order valence-electron chi connectivity index (χ1n) is 10.3. The molecule has 32 heavy (non-hydrogen) atoms. The van der Waals surface area contributed by atoms with E-state index in [0.29, 0.717) is 41.1 Å². The molecule has 2 aromatic carbocycles. The number of sulfone groups is 1. The van der Waals surface area contributed by atoms with Crippen molar-refractivity contribution in [1.29, 1.82) is 0 Å². The molecule has 2 N–H and O–H groups in total.